The van der Waals surface area contributed by atoms with Gasteiger partial charge in [-0.15, -0.1) is 0 Å². The van der Waals surface area contributed by atoms with Crippen LogP contribution in [0.5, 0.6) is 0 Å². The average molecular weight is 344 g/mol. The van der Waals surface area contributed by atoms with E-state index in [2.05, 4.69) is 10.3 Å². The van der Waals surface area contributed by atoms with Crippen molar-refractivity contribution < 1.29 is 22.0 Å². The number of halogens is 4. The molecule has 1 aromatic heterocycles. The maximum Gasteiger partial charge on any atom is 0.420 e. The molecule has 1 saturated carbocycles. The first-order valence-corrected chi connectivity index (χ1v) is 8.13. The maximum absolute atomic E-state index is 13.6. The van der Waals surface area contributed by atoms with Crippen LogP contribution in [-0.2, 0) is 12.7 Å². The fourth-order valence-electron chi connectivity index (χ4n) is 3.06. The molecule has 2 aromatic rings. The van der Waals surface area contributed by atoms with Gasteiger partial charge in [-0.1, -0.05) is 13.8 Å². The SMILES string of the molecule is CC(C)c1nc2cc(CN[C@H]3CCC[C@@H]3F)cc(C(F)(F)F)c2o1. The van der Waals surface area contributed by atoms with Crippen LogP contribution in [0.25, 0.3) is 11.1 Å². The van der Waals surface area contributed by atoms with E-state index in [9.17, 15) is 17.6 Å². The Labute approximate surface area is 137 Å². The lowest BCUT2D eigenvalue weighted by atomic mass is 10.1. The van der Waals surface area contributed by atoms with Gasteiger partial charge in [0.2, 0.25) is 0 Å². The molecule has 0 radical (unpaired) electrons. The highest BCUT2D eigenvalue weighted by Crippen LogP contribution is 2.37. The van der Waals surface area contributed by atoms with Crippen LogP contribution >= 0.6 is 0 Å². The highest BCUT2D eigenvalue weighted by atomic mass is 19.4. The summed E-state index contributed by atoms with van der Waals surface area (Å²) >= 11 is 0. The Bertz CT molecular complexity index is 723. The van der Waals surface area contributed by atoms with Crippen LogP contribution in [0, 0.1) is 0 Å². The van der Waals surface area contributed by atoms with Gasteiger partial charge in [0.05, 0.1) is 0 Å². The molecule has 0 aliphatic heterocycles. The van der Waals surface area contributed by atoms with E-state index in [0.29, 0.717) is 18.4 Å². The number of benzene rings is 1. The third-order valence-corrected chi connectivity index (χ3v) is 4.37. The molecule has 0 bridgehead atoms. The van der Waals surface area contributed by atoms with Crippen molar-refractivity contribution in [2.75, 3.05) is 0 Å². The minimum Gasteiger partial charge on any atom is -0.440 e. The van der Waals surface area contributed by atoms with E-state index >= 15 is 0 Å². The first-order chi connectivity index (χ1) is 11.3. The zero-order valence-electron chi connectivity index (χ0n) is 13.6. The van der Waals surface area contributed by atoms with Crippen molar-refractivity contribution in [2.24, 2.45) is 0 Å². The monoisotopic (exact) mass is 344 g/mol. The topological polar surface area (TPSA) is 38.1 Å². The van der Waals surface area contributed by atoms with Crippen molar-refractivity contribution in [1.29, 1.82) is 0 Å². The normalized spacial score (nSPS) is 22.0. The van der Waals surface area contributed by atoms with Gasteiger partial charge in [-0.05, 0) is 37.0 Å². The maximum atomic E-state index is 13.6. The van der Waals surface area contributed by atoms with Crippen molar-refractivity contribution in [3.63, 3.8) is 0 Å². The quantitative estimate of drug-likeness (QED) is 0.798. The molecule has 24 heavy (non-hydrogen) atoms. The molecule has 3 rings (SSSR count). The molecule has 0 amide bonds. The van der Waals surface area contributed by atoms with Gasteiger partial charge in [-0.3, -0.25) is 0 Å². The molecule has 1 fully saturated rings. The highest BCUT2D eigenvalue weighted by molar-refractivity contribution is 5.78. The fourth-order valence-corrected chi connectivity index (χ4v) is 3.06. The molecule has 1 heterocycles. The number of alkyl halides is 4. The van der Waals surface area contributed by atoms with Crippen LogP contribution in [0.15, 0.2) is 16.5 Å². The van der Waals surface area contributed by atoms with E-state index in [0.717, 1.165) is 12.5 Å². The molecule has 0 unspecified atom stereocenters. The molecular weight excluding hydrogens is 324 g/mol. The molecule has 0 spiro atoms. The summed E-state index contributed by atoms with van der Waals surface area (Å²) in [5.74, 6) is 0.172. The number of rotatable bonds is 4. The van der Waals surface area contributed by atoms with Crippen LogP contribution in [0.2, 0.25) is 0 Å². The van der Waals surface area contributed by atoms with Crippen molar-refractivity contribution in [3.8, 4) is 0 Å². The van der Waals surface area contributed by atoms with Crippen LogP contribution in [0.1, 0.15) is 56.0 Å². The van der Waals surface area contributed by atoms with E-state index in [4.69, 9.17) is 4.42 Å². The summed E-state index contributed by atoms with van der Waals surface area (Å²) in [5.41, 5.74) is -0.454. The lowest BCUT2D eigenvalue weighted by Gasteiger charge is -2.15. The Morgan fingerprint density at radius 1 is 1.29 bits per heavy atom. The smallest absolute Gasteiger partial charge is 0.420 e. The first kappa shape index (κ1) is 17.2. The van der Waals surface area contributed by atoms with Crippen LogP contribution in [0.4, 0.5) is 17.6 Å². The molecule has 1 aromatic carbocycles. The number of fused-ring (bicyclic) bond motifs is 1. The van der Waals surface area contributed by atoms with Gasteiger partial charge in [-0.2, -0.15) is 13.2 Å². The summed E-state index contributed by atoms with van der Waals surface area (Å²) in [5, 5.41) is 3.02. The second-order valence-corrected chi connectivity index (χ2v) is 6.63. The van der Waals surface area contributed by atoms with E-state index in [-0.39, 0.29) is 35.5 Å². The predicted octanol–water partition coefficient (Wildman–Crippen LogP) is 4.95. The molecule has 7 heteroatoms. The number of aromatic nitrogens is 1. The second kappa shape index (κ2) is 6.35. The Balaban J connectivity index is 1.93. The molecular formula is C17H20F4N2O. The summed E-state index contributed by atoms with van der Waals surface area (Å²) in [6.07, 6.45) is -3.46. The predicted molar refractivity (Wildman–Crippen MR) is 82.5 cm³/mol. The Morgan fingerprint density at radius 2 is 2.04 bits per heavy atom. The van der Waals surface area contributed by atoms with E-state index in [1.807, 2.05) is 13.8 Å². The lowest BCUT2D eigenvalue weighted by molar-refractivity contribution is -0.136. The third-order valence-electron chi connectivity index (χ3n) is 4.37. The van der Waals surface area contributed by atoms with Crippen molar-refractivity contribution in [3.05, 3.63) is 29.2 Å². The average Bonchev–Trinajstić information content (AvgIpc) is 3.09. The minimum absolute atomic E-state index is 0.106. The number of nitrogens with one attached hydrogen (secondary N) is 1. The Hall–Kier alpha value is -1.63. The second-order valence-electron chi connectivity index (χ2n) is 6.63. The zero-order valence-corrected chi connectivity index (χ0v) is 13.6. The number of hydrogen-bond donors (Lipinski definition) is 1. The summed E-state index contributed by atoms with van der Waals surface area (Å²) in [7, 11) is 0. The van der Waals surface area contributed by atoms with Crippen molar-refractivity contribution in [1.82, 2.24) is 10.3 Å². The first-order valence-electron chi connectivity index (χ1n) is 8.13. The van der Waals surface area contributed by atoms with Crippen molar-refractivity contribution >= 4 is 11.1 Å². The minimum atomic E-state index is -4.53. The summed E-state index contributed by atoms with van der Waals surface area (Å²) in [6, 6.07) is 2.35. The summed E-state index contributed by atoms with van der Waals surface area (Å²) in [6.45, 7) is 3.79. The van der Waals surface area contributed by atoms with Gasteiger partial charge in [0, 0.05) is 18.5 Å². The zero-order chi connectivity index (χ0) is 17.5. The molecule has 0 saturated heterocycles. The molecule has 2 atom stereocenters. The van der Waals surface area contributed by atoms with E-state index < -0.39 is 17.9 Å². The van der Waals surface area contributed by atoms with Crippen LogP contribution in [0.3, 0.4) is 0 Å². The number of oxazole rings is 1. The highest BCUT2D eigenvalue weighted by Gasteiger charge is 2.36. The fraction of sp³-hybridized carbons (Fsp3) is 0.588. The molecule has 132 valence electrons. The van der Waals surface area contributed by atoms with Crippen molar-refractivity contribution in [2.45, 2.75) is 64.0 Å². The van der Waals surface area contributed by atoms with Crippen LogP contribution < -0.4 is 5.32 Å². The largest absolute Gasteiger partial charge is 0.440 e. The molecule has 1 N–H and O–H groups in total. The van der Waals surface area contributed by atoms with Gasteiger partial charge >= 0.3 is 6.18 Å². The van der Waals surface area contributed by atoms with E-state index in [1.165, 1.54) is 0 Å². The summed E-state index contributed by atoms with van der Waals surface area (Å²) in [4.78, 5) is 4.17. The van der Waals surface area contributed by atoms with Crippen LogP contribution in [-0.4, -0.2) is 17.2 Å². The van der Waals surface area contributed by atoms with Gasteiger partial charge in [0.25, 0.3) is 0 Å². The molecule has 1 aliphatic carbocycles. The van der Waals surface area contributed by atoms with Gasteiger partial charge < -0.3 is 9.73 Å². The Morgan fingerprint density at radius 3 is 2.62 bits per heavy atom. The number of hydrogen-bond acceptors (Lipinski definition) is 3. The van der Waals surface area contributed by atoms with Gasteiger partial charge in [-0.25, -0.2) is 9.37 Å². The summed E-state index contributed by atoms with van der Waals surface area (Å²) < 4.78 is 59.0. The van der Waals surface area contributed by atoms with E-state index in [1.54, 1.807) is 6.07 Å². The Kier molecular flexibility index (Phi) is 4.55. The lowest BCUT2D eigenvalue weighted by Crippen LogP contribution is -2.32. The number of nitrogens with zero attached hydrogens (tertiary/aromatic N) is 1. The van der Waals surface area contributed by atoms with Gasteiger partial charge in [0.1, 0.15) is 17.3 Å². The third kappa shape index (κ3) is 3.41. The molecule has 3 nitrogen and oxygen atoms in total. The van der Waals surface area contributed by atoms with Gasteiger partial charge in [0.15, 0.2) is 11.5 Å². The standard InChI is InChI=1S/C17H20F4N2O/c1-9(2)16-23-14-7-10(8-22-13-5-3-4-12(13)18)6-11(15(14)24-16)17(19,20)21/h6-7,9,12-13,22H,3-5,8H2,1-2H3/t12-,13-/m0/s1. The molecule has 1 aliphatic rings.